The molecular formula is C12H15ClO2S. The molecule has 0 aliphatic rings. The van der Waals surface area contributed by atoms with E-state index in [0.717, 1.165) is 4.90 Å². The van der Waals surface area contributed by atoms with Gasteiger partial charge in [0.2, 0.25) is 0 Å². The smallest absolute Gasteiger partial charge is 0.321 e. The van der Waals surface area contributed by atoms with Crippen LogP contribution < -0.4 is 0 Å². The lowest BCUT2D eigenvalue weighted by molar-refractivity contribution is -0.145. The molecule has 1 rings (SSSR count). The summed E-state index contributed by atoms with van der Waals surface area (Å²) in [6, 6.07) is 7.41. The zero-order chi connectivity index (χ0) is 12.2. The Hall–Kier alpha value is -0.670. The molecule has 0 aliphatic heterocycles. The molecule has 0 aromatic heterocycles. The Kier molecular flexibility index (Phi) is 4.69. The van der Waals surface area contributed by atoms with Gasteiger partial charge in [0.1, 0.15) is 4.75 Å². The van der Waals surface area contributed by atoms with Crippen molar-refractivity contribution in [3.05, 3.63) is 29.3 Å². The fraction of sp³-hybridized carbons (Fsp3) is 0.417. The van der Waals surface area contributed by atoms with E-state index in [4.69, 9.17) is 16.3 Å². The van der Waals surface area contributed by atoms with E-state index >= 15 is 0 Å². The molecule has 4 heteroatoms. The molecule has 0 bridgehead atoms. The quantitative estimate of drug-likeness (QED) is 0.607. The van der Waals surface area contributed by atoms with Crippen molar-refractivity contribution in [1.82, 2.24) is 0 Å². The maximum absolute atomic E-state index is 11.7. The Morgan fingerprint density at radius 1 is 1.38 bits per heavy atom. The van der Waals surface area contributed by atoms with Crippen molar-refractivity contribution in [2.24, 2.45) is 0 Å². The first kappa shape index (κ1) is 13.4. The first-order chi connectivity index (χ1) is 7.45. The predicted molar refractivity (Wildman–Crippen MR) is 68.0 cm³/mol. The van der Waals surface area contributed by atoms with Crippen LogP contribution in [0.3, 0.4) is 0 Å². The molecule has 0 heterocycles. The van der Waals surface area contributed by atoms with Crippen LogP contribution in [-0.4, -0.2) is 17.3 Å². The Labute approximate surface area is 105 Å². The Morgan fingerprint density at radius 2 is 1.94 bits per heavy atom. The highest BCUT2D eigenvalue weighted by atomic mass is 35.5. The molecule has 0 saturated heterocycles. The molecule has 0 saturated carbocycles. The molecule has 1 aromatic rings. The predicted octanol–water partition coefficient (Wildman–Crippen LogP) is 3.77. The zero-order valence-electron chi connectivity index (χ0n) is 9.62. The third-order valence-electron chi connectivity index (χ3n) is 1.95. The highest BCUT2D eigenvalue weighted by Gasteiger charge is 2.30. The van der Waals surface area contributed by atoms with Crippen molar-refractivity contribution in [3.8, 4) is 0 Å². The summed E-state index contributed by atoms with van der Waals surface area (Å²) in [5.41, 5.74) is 0. The summed E-state index contributed by atoms with van der Waals surface area (Å²) in [6.07, 6.45) is 0. The summed E-state index contributed by atoms with van der Waals surface area (Å²) in [5.74, 6) is -0.199. The largest absolute Gasteiger partial charge is 0.465 e. The van der Waals surface area contributed by atoms with Crippen molar-refractivity contribution in [1.29, 1.82) is 0 Å². The van der Waals surface area contributed by atoms with E-state index < -0.39 is 4.75 Å². The van der Waals surface area contributed by atoms with Crippen LogP contribution in [0.15, 0.2) is 29.2 Å². The van der Waals surface area contributed by atoms with Gasteiger partial charge in [-0.3, -0.25) is 4.79 Å². The zero-order valence-corrected chi connectivity index (χ0v) is 11.2. The topological polar surface area (TPSA) is 26.3 Å². The first-order valence-corrected chi connectivity index (χ1v) is 6.27. The van der Waals surface area contributed by atoms with Crippen molar-refractivity contribution < 1.29 is 9.53 Å². The van der Waals surface area contributed by atoms with Gasteiger partial charge in [0.05, 0.1) is 6.61 Å². The van der Waals surface area contributed by atoms with Gasteiger partial charge in [0.15, 0.2) is 0 Å². The monoisotopic (exact) mass is 258 g/mol. The van der Waals surface area contributed by atoms with Crippen molar-refractivity contribution in [3.63, 3.8) is 0 Å². The van der Waals surface area contributed by atoms with E-state index in [9.17, 15) is 4.79 Å². The minimum Gasteiger partial charge on any atom is -0.465 e. The average Bonchev–Trinajstić information content (AvgIpc) is 2.21. The van der Waals surface area contributed by atoms with E-state index in [-0.39, 0.29) is 5.97 Å². The second-order valence-electron chi connectivity index (χ2n) is 3.79. The summed E-state index contributed by atoms with van der Waals surface area (Å²) >= 11 is 7.26. The first-order valence-electron chi connectivity index (χ1n) is 5.07. The van der Waals surface area contributed by atoms with Crippen LogP contribution in [0.25, 0.3) is 0 Å². The van der Waals surface area contributed by atoms with Gasteiger partial charge in [-0.25, -0.2) is 0 Å². The molecule has 0 fully saturated rings. The lowest BCUT2D eigenvalue weighted by Crippen LogP contribution is -2.29. The van der Waals surface area contributed by atoms with E-state index in [1.54, 1.807) is 6.92 Å². The van der Waals surface area contributed by atoms with Gasteiger partial charge in [0.25, 0.3) is 0 Å². The molecule has 16 heavy (non-hydrogen) atoms. The van der Waals surface area contributed by atoms with Gasteiger partial charge >= 0.3 is 5.97 Å². The number of thioether (sulfide) groups is 1. The summed E-state index contributed by atoms with van der Waals surface area (Å²) in [4.78, 5) is 12.7. The molecule has 88 valence electrons. The normalized spacial score (nSPS) is 11.2. The number of rotatable bonds is 4. The second-order valence-corrected chi connectivity index (χ2v) is 5.92. The van der Waals surface area contributed by atoms with Crippen molar-refractivity contribution in [2.45, 2.75) is 30.4 Å². The number of carbonyl (C=O) groups is 1. The fourth-order valence-electron chi connectivity index (χ4n) is 1.14. The van der Waals surface area contributed by atoms with Crippen LogP contribution in [0, 0.1) is 0 Å². The molecule has 0 amide bonds. The number of halogens is 1. The van der Waals surface area contributed by atoms with Gasteiger partial charge in [-0.15, -0.1) is 11.8 Å². The SMILES string of the molecule is CCOC(=O)C(C)(C)Sc1ccc(Cl)cc1. The van der Waals surface area contributed by atoms with Crippen molar-refractivity contribution >= 4 is 29.3 Å². The highest BCUT2D eigenvalue weighted by Crippen LogP contribution is 2.33. The number of ether oxygens (including phenoxy) is 1. The molecule has 0 radical (unpaired) electrons. The third-order valence-corrected chi connectivity index (χ3v) is 3.39. The molecule has 0 spiro atoms. The number of benzene rings is 1. The lowest BCUT2D eigenvalue weighted by atomic mass is 10.2. The molecule has 1 aromatic carbocycles. The van der Waals surface area contributed by atoms with Crippen LogP contribution in [-0.2, 0) is 9.53 Å². The second kappa shape index (κ2) is 5.60. The Balaban J connectivity index is 2.72. The summed E-state index contributed by atoms with van der Waals surface area (Å²) in [5, 5.41) is 0.693. The number of hydrogen-bond donors (Lipinski definition) is 0. The Morgan fingerprint density at radius 3 is 2.44 bits per heavy atom. The van der Waals surface area contributed by atoms with Crippen LogP contribution in [0.2, 0.25) is 5.02 Å². The maximum Gasteiger partial charge on any atom is 0.321 e. The molecule has 2 nitrogen and oxygen atoms in total. The molecular weight excluding hydrogens is 244 g/mol. The van der Waals surface area contributed by atoms with Gasteiger partial charge in [-0.2, -0.15) is 0 Å². The van der Waals surface area contributed by atoms with Crippen LogP contribution in [0.4, 0.5) is 0 Å². The fourth-order valence-corrected chi connectivity index (χ4v) is 2.27. The number of hydrogen-bond acceptors (Lipinski definition) is 3. The van der Waals surface area contributed by atoms with E-state index in [0.29, 0.717) is 11.6 Å². The van der Waals surface area contributed by atoms with Gasteiger partial charge < -0.3 is 4.74 Å². The van der Waals surface area contributed by atoms with Crippen LogP contribution in [0.5, 0.6) is 0 Å². The average molecular weight is 259 g/mol. The maximum atomic E-state index is 11.7. The molecule has 0 N–H and O–H groups in total. The lowest BCUT2D eigenvalue weighted by Gasteiger charge is -2.21. The summed E-state index contributed by atoms with van der Waals surface area (Å²) in [6.45, 7) is 5.92. The van der Waals surface area contributed by atoms with Crippen LogP contribution >= 0.6 is 23.4 Å². The molecule has 0 unspecified atom stereocenters. The summed E-state index contributed by atoms with van der Waals surface area (Å²) in [7, 11) is 0. The minimum atomic E-state index is -0.580. The van der Waals surface area contributed by atoms with Crippen LogP contribution in [0.1, 0.15) is 20.8 Å². The molecule has 0 atom stereocenters. The standard InChI is InChI=1S/C12H15ClO2S/c1-4-15-11(14)12(2,3)16-10-7-5-9(13)6-8-10/h5-8H,4H2,1-3H3. The third kappa shape index (κ3) is 3.72. The van der Waals surface area contributed by atoms with E-state index in [1.807, 2.05) is 38.1 Å². The van der Waals surface area contributed by atoms with E-state index in [1.165, 1.54) is 11.8 Å². The van der Waals surface area contributed by atoms with Gasteiger partial charge in [-0.05, 0) is 45.0 Å². The highest BCUT2D eigenvalue weighted by molar-refractivity contribution is 8.01. The minimum absolute atomic E-state index is 0.199. The summed E-state index contributed by atoms with van der Waals surface area (Å²) < 4.78 is 4.44. The van der Waals surface area contributed by atoms with E-state index in [2.05, 4.69) is 0 Å². The number of carbonyl (C=O) groups excluding carboxylic acids is 1. The van der Waals surface area contributed by atoms with Crippen molar-refractivity contribution in [2.75, 3.05) is 6.61 Å². The van der Waals surface area contributed by atoms with Gasteiger partial charge in [0, 0.05) is 9.92 Å². The Bertz CT molecular complexity index is 360. The molecule has 0 aliphatic carbocycles. The van der Waals surface area contributed by atoms with Gasteiger partial charge in [-0.1, -0.05) is 11.6 Å². The number of esters is 1.